The average Bonchev–Trinajstić information content (AvgIpc) is 3.83. The van der Waals surface area contributed by atoms with E-state index in [1.54, 1.807) is 0 Å². The van der Waals surface area contributed by atoms with Gasteiger partial charge in [-0.1, -0.05) is 149 Å². The minimum atomic E-state index is 1.15. The molecule has 202 valence electrons. The molecule has 0 amide bonds. The number of fused-ring (bicyclic) bond motifs is 4. The minimum Gasteiger partial charge on any atom is -0.0904 e. The predicted molar refractivity (Wildman–Crippen MR) is 190 cm³/mol. The molecule has 1 fully saturated rings. The van der Waals surface area contributed by atoms with Gasteiger partial charge >= 0.3 is 0 Å². The van der Waals surface area contributed by atoms with Crippen LogP contribution in [0.3, 0.4) is 0 Å². The highest BCUT2D eigenvalue weighted by atomic mass is 32.2. The van der Waals surface area contributed by atoms with Crippen LogP contribution in [0, 0.1) is 0 Å². The van der Waals surface area contributed by atoms with E-state index in [-0.39, 0.29) is 0 Å². The second-order valence-electron chi connectivity index (χ2n) is 9.73. The summed E-state index contributed by atoms with van der Waals surface area (Å²) in [6.45, 7) is 4.90. The van der Waals surface area contributed by atoms with E-state index in [0.29, 0.717) is 0 Å². The van der Waals surface area contributed by atoms with Crippen LogP contribution in [0.1, 0.15) is 0 Å². The molecule has 4 aromatic carbocycles. The molecular formula is C34H18S8. The van der Waals surface area contributed by atoms with E-state index >= 15 is 0 Å². The SMILES string of the molecule is C=C1C(=C2Sc3ccccc3S2)C(=C2Sc3ccccc3S2)C(=C2Sc3ccccc3S2)C1=C1Sc2ccccc2S1. The molecule has 8 heteroatoms. The van der Waals surface area contributed by atoms with Crippen molar-refractivity contribution in [1.82, 2.24) is 0 Å². The van der Waals surface area contributed by atoms with Gasteiger partial charge in [0.2, 0.25) is 0 Å². The van der Waals surface area contributed by atoms with Crippen molar-refractivity contribution in [1.29, 1.82) is 0 Å². The Bertz CT molecular complexity index is 1760. The average molecular weight is 683 g/mol. The third-order valence-electron chi connectivity index (χ3n) is 7.19. The molecule has 0 N–H and O–H groups in total. The van der Waals surface area contributed by atoms with Gasteiger partial charge in [-0.15, -0.1) is 0 Å². The lowest BCUT2D eigenvalue weighted by molar-refractivity contribution is 1.27. The third kappa shape index (κ3) is 4.40. The zero-order valence-electron chi connectivity index (χ0n) is 21.7. The maximum Gasteiger partial charge on any atom is 0.0585 e. The topological polar surface area (TPSA) is 0 Å². The fourth-order valence-electron chi connectivity index (χ4n) is 5.30. The Hall–Kier alpha value is -1.62. The molecule has 4 heterocycles. The Morgan fingerprint density at radius 1 is 0.286 bits per heavy atom. The number of hydrogen-bond acceptors (Lipinski definition) is 8. The Morgan fingerprint density at radius 2 is 0.476 bits per heavy atom. The Labute approximate surface area is 279 Å². The van der Waals surface area contributed by atoms with Gasteiger partial charge in [0.25, 0.3) is 0 Å². The summed E-state index contributed by atoms with van der Waals surface area (Å²) in [6.07, 6.45) is 0. The fraction of sp³-hybridized carbons (Fsp3) is 0. The van der Waals surface area contributed by atoms with Crippen LogP contribution in [0.5, 0.6) is 0 Å². The number of hydrogen-bond donors (Lipinski definition) is 0. The molecule has 0 atom stereocenters. The van der Waals surface area contributed by atoms with Gasteiger partial charge in [-0.2, -0.15) is 0 Å². The van der Waals surface area contributed by atoms with Crippen LogP contribution in [-0.4, -0.2) is 0 Å². The van der Waals surface area contributed by atoms with Crippen LogP contribution in [0.4, 0.5) is 0 Å². The zero-order chi connectivity index (χ0) is 27.8. The van der Waals surface area contributed by atoms with Crippen LogP contribution in [0.25, 0.3) is 0 Å². The van der Waals surface area contributed by atoms with Gasteiger partial charge in [0, 0.05) is 61.5 Å². The second kappa shape index (κ2) is 10.8. The molecule has 9 rings (SSSR count). The first-order valence-corrected chi connectivity index (χ1v) is 19.7. The van der Waals surface area contributed by atoms with E-state index in [0.717, 1.165) is 5.57 Å². The monoisotopic (exact) mass is 682 g/mol. The lowest BCUT2D eigenvalue weighted by atomic mass is 10.1. The van der Waals surface area contributed by atoms with E-state index < -0.39 is 0 Å². The fourth-order valence-corrected chi connectivity index (χ4v) is 15.8. The Kier molecular flexibility index (Phi) is 6.86. The molecular weight excluding hydrogens is 665 g/mol. The molecule has 0 unspecified atom stereocenters. The summed E-state index contributed by atoms with van der Waals surface area (Å²) in [5, 5.41) is 0. The number of allylic oxidation sites excluding steroid dienone is 5. The summed E-state index contributed by atoms with van der Waals surface area (Å²) < 4.78 is 5.40. The summed E-state index contributed by atoms with van der Waals surface area (Å²) in [5.74, 6) is 0. The largest absolute Gasteiger partial charge is 0.0904 e. The van der Waals surface area contributed by atoms with Crippen molar-refractivity contribution in [2.45, 2.75) is 39.2 Å². The highest BCUT2D eigenvalue weighted by Crippen LogP contribution is 2.68. The van der Waals surface area contributed by atoms with Crippen LogP contribution in [-0.2, 0) is 0 Å². The predicted octanol–water partition coefficient (Wildman–Crippen LogP) is 13.0. The van der Waals surface area contributed by atoms with Gasteiger partial charge < -0.3 is 0 Å². The molecule has 5 aliphatic rings. The first-order chi connectivity index (χ1) is 20.7. The van der Waals surface area contributed by atoms with Gasteiger partial charge in [-0.25, -0.2) is 0 Å². The van der Waals surface area contributed by atoms with E-state index in [1.165, 1.54) is 78.4 Å². The summed E-state index contributed by atoms with van der Waals surface area (Å²) >= 11 is 15.3. The molecule has 0 radical (unpaired) electrons. The summed E-state index contributed by atoms with van der Waals surface area (Å²) in [6, 6.07) is 35.2. The van der Waals surface area contributed by atoms with E-state index in [9.17, 15) is 0 Å². The molecule has 42 heavy (non-hydrogen) atoms. The maximum absolute atomic E-state index is 4.90. The van der Waals surface area contributed by atoms with E-state index in [2.05, 4.69) is 97.1 Å². The Morgan fingerprint density at radius 3 is 0.690 bits per heavy atom. The summed E-state index contributed by atoms with van der Waals surface area (Å²) in [4.78, 5) is 10.7. The minimum absolute atomic E-state index is 1.15. The second-order valence-corrected chi connectivity index (χ2v) is 19.2. The number of benzene rings is 4. The van der Waals surface area contributed by atoms with Gasteiger partial charge in [0.15, 0.2) is 0 Å². The third-order valence-corrected chi connectivity index (χ3v) is 17.4. The molecule has 0 nitrogen and oxygen atoms in total. The molecule has 0 bridgehead atoms. The van der Waals surface area contributed by atoms with Gasteiger partial charge in [-0.05, 0) is 54.1 Å². The number of rotatable bonds is 0. The number of thioether (sulfide) groups is 8. The lowest BCUT2D eigenvalue weighted by Crippen LogP contribution is -1.90. The normalized spacial score (nSPS) is 18.8. The highest BCUT2D eigenvalue weighted by molar-refractivity contribution is 8.26. The molecule has 4 aliphatic heterocycles. The van der Waals surface area contributed by atoms with Gasteiger partial charge in [0.05, 0.1) is 16.9 Å². The molecule has 4 aromatic rings. The van der Waals surface area contributed by atoms with Crippen LogP contribution < -0.4 is 0 Å². The van der Waals surface area contributed by atoms with Crippen molar-refractivity contribution in [3.8, 4) is 0 Å². The molecule has 0 saturated heterocycles. The van der Waals surface area contributed by atoms with Crippen molar-refractivity contribution in [3.05, 3.63) is 148 Å². The molecule has 1 saturated carbocycles. The molecule has 0 spiro atoms. The van der Waals surface area contributed by atoms with Crippen LogP contribution in [0.2, 0.25) is 0 Å². The van der Waals surface area contributed by atoms with Crippen molar-refractivity contribution in [2.24, 2.45) is 0 Å². The first-order valence-electron chi connectivity index (χ1n) is 13.2. The smallest absolute Gasteiger partial charge is 0.0585 e. The first kappa shape index (κ1) is 26.8. The summed E-state index contributed by atoms with van der Waals surface area (Å²) in [7, 11) is 0. The van der Waals surface area contributed by atoms with Gasteiger partial charge in [0.1, 0.15) is 0 Å². The zero-order valence-corrected chi connectivity index (χ0v) is 28.2. The summed E-state index contributed by atoms with van der Waals surface area (Å²) in [5.41, 5.74) is 6.49. The van der Waals surface area contributed by atoms with Crippen molar-refractivity contribution >= 4 is 94.1 Å². The van der Waals surface area contributed by atoms with Crippen LogP contribution in [0.15, 0.2) is 188 Å². The van der Waals surface area contributed by atoms with Crippen molar-refractivity contribution in [2.75, 3.05) is 0 Å². The van der Waals surface area contributed by atoms with Crippen molar-refractivity contribution in [3.63, 3.8) is 0 Å². The Balaban J connectivity index is 1.31. The highest BCUT2D eigenvalue weighted by Gasteiger charge is 2.42. The molecule has 0 aromatic heterocycles. The van der Waals surface area contributed by atoms with Crippen LogP contribution >= 0.6 is 94.1 Å². The lowest BCUT2D eigenvalue weighted by Gasteiger charge is -2.12. The van der Waals surface area contributed by atoms with Crippen molar-refractivity contribution < 1.29 is 0 Å². The van der Waals surface area contributed by atoms with E-state index in [1.807, 2.05) is 94.1 Å². The van der Waals surface area contributed by atoms with E-state index in [4.69, 9.17) is 6.58 Å². The standard InChI is InChI=1S/C34H18S8/c1-18-27(31-35-19-10-2-3-11-20(19)36-31)29(33-39-23-14-6-7-15-24(23)40-33)30(34-41-25-16-8-9-17-26(25)42-34)28(18)32-37-21-12-4-5-13-22(21)38-32/h2-17H,1H2. The molecule has 1 aliphatic carbocycles. The maximum atomic E-state index is 4.90. The quantitative estimate of drug-likeness (QED) is 0.177. The van der Waals surface area contributed by atoms with Gasteiger partial charge in [-0.3, -0.25) is 0 Å².